The van der Waals surface area contributed by atoms with Crippen LogP contribution in [0.3, 0.4) is 0 Å². The van der Waals surface area contributed by atoms with Crippen LogP contribution in [0.5, 0.6) is 0 Å². The molecule has 0 aliphatic carbocycles. The maximum absolute atomic E-state index is 11.7. The van der Waals surface area contributed by atoms with Gasteiger partial charge in [0.25, 0.3) is 0 Å². The van der Waals surface area contributed by atoms with Crippen LogP contribution >= 0.6 is 0 Å². The lowest BCUT2D eigenvalue weighted by molar-refractivity contribution is -0.190. The predicted octanol–water partition coefficient (Wildman–Crippen LogP) is 1.88. The van der Waals surface area contributed by atoms with Crippen molar-refractivity contribution in [3.05, 3.63) is 35.9 Å². The van der Waals surface area contributed by atoms with E-state index in [-0.39, 0.29) is 6.42 Å². The number of carbonyl (C=O) groups excluding carboxylic acids is 1. The van der Waals surface area contributed by atoms with Crippen molar-refractivity contribution < 1.29 is 19.8 Å². The molecule has 0 aliphatic rings. The van der Waals surface area contributed by atoms with Gasteiger partial charge in [0.15, 0.2) is 0 Å². The van der Waals surface area contributed by atoms with Gasteiger partial charge in [0.2, 0.25) is 0 Å². The van der Waals surface area contributed by atoms with Crippen LogP contribution in [-0.2, 0) is 16.2 Å². The number of hydrogen-bond acceptors (Lipinski definition) is 5. The van der Waals surface area contributed by atoms with Gasteiger partial charge in [0.1, 0.15) is 0 Å². The minimum atomic E-state index is -1.07. The first-order valence-electron chi connectivity index (χ1n) is 7.35. The predicted molar refractivity (Wildman–Crippen MR) is 80.2 cm³/mol. The average Bonchev–Trinajstić information content (AvgIpc) is 2.45. The minimum Gasteiger partial charge on any atom is -0.390 e. The van der Waals surface area contributed by atoms with E-state index in [9.17, 15) is 15.0 Å². The molecule has 0 aromatic heterocycles. The zero-order valence-electron chi connectivity index (χ0n) is 12.7. The van der Waals surface area contributed by atoms with E-state index in [0.29, 0.717) is 13.0 Å². The zero-order chi connectivity index (χ0) is 15.7. The quantitative estimate of drug-likeness (QED) is 0.681. The van der Waals surface area contributed by atoms with Gasteiger partial charge < -0.3 is 15.1 Å². The maximum Gasteiger partial charge on any atom is 0.327 e. The van der Waals surface area contributed by atoms with Gasteiger partial charge in [-0.15, -0.1) is 5.06 Å². The van der Waals surface area contributed by atoms with E-state index in [1.54, 1.807) is 7.05 Å². The summed E-state index contributed by atoms with van der Waals surface area (Å²) >= 11 is 0. The molecule has 0 fully saturated rings. The summed E-state index contributed by atoms with van der Waals surface area (Å²) in [6, 6.07) is 9.63. The Morgan fingerprint density at radius 3 is 2.52 bits per heavy atom. The van der Waals surface area contributed by atoms with Crippen LogP contribution in [-0.4, -0.2) is 40.5 Å². The molecule has 5 nitrogen and oxygen atoms in total. The van der Waals surface area contributed by atoms with E-state index in [1.165, 1.54) is 5.06 Å². The van der Waals surface area contributed by atoms with Crippen molar-refractivity contribution >= 4 is 5.97 Å². The molecule has 118 valence electrons. The molecule has 0 amide bonds. The van der Waals surface area contributed by atoms with Gasteiger partial charge in [-0.3, -0.25) is 4.79 Å². The lowest BCUT2D eigenvalue weighted by Crippen LogP contribution is -2.31. The fourth-order valence-electron chi connectivity index (χ4n) is 2.00. The second-order valence-electron chi connectivity index (χ2n) is 5.22. The first-order valence-corrected chi connectivity index (χ1v) is 7.35. The molecular formula is C16H25NO4. The monoisotopic (exact) mass is 295 g/mol. The molecule has 0 radical (unpaired) electrons. The normalized spacial score (nSPS) is 14.0. The first kappa shape index (κ1) is 17.6. The standard InChI is InChI=1S/C16H25NO4/c1-3-4-10-14(18)15(19)11-16(20)21-17(2)12-13-8-6-5-7-9-13/h5-9,14-15,18-19H,3-4,10-12H2,1-2H3/t14-,15-/m1/s1. The highest BCUT2D eigenvalue weighted by Gasteiger charge is 2.21. The highest BCUT2D eigenvalue weighted by atomic mass is 16.7. The van der Waals surface area contributed by atoms with Crippen LogP contribution in [0.2, 0.25) is 0 Å². The number of unbranched alkanes of at least 4 members (excludes halogenated alkanes) is 1. The van der Waals surface area contributed by atoms with Gasteiger partial charge >= 0.3 is 5.97 Å². The third-order valence-electron chi connectivity index (χ3n) is 3.18. The molecule has 0 aliphatic heterocycles. The lowest BCUT2D eigenvalue weighted by Gasteiger charge is -2.19. The number of hydrogen-bond donors (Lipinski definition) is 2. The number of carbonyl (C=O) groups is 1. The van der Waals surface area contributed by atoms with Crippen molar-refractivity contribution in [1.29, 1.82) is 0 Å². The molecular weight excluding hydrogens is 270 g/mol. The zero-order valence-corrected chi connectivity index (χ0v) is 12.7. The molecule has 0 saturated heterocycles. The third-order valence-corrected chi connectivity index (χ3v) is 3.18. The highest BCUT2D eigenvalue weighted by molar-refractivity contribution is 5.69. The molecule has 0 spiro atoms. The smallest absolute Gasteiger partial charge is 0.327 e. The number of benzene rings is 1. The largest absolute Gasteiger partial charge is 0.390 e. The summed E-state index contributed by atoms with van der Waals surface area (Å²) in [5, 5.41) is 20.9. The van der Waals surface area contributed by atoms with Gasteiger partial charge in [0, 0.05) is 7.05 Å². The van der Waals surface area contributed by atoms with E-state index in [0.717, 1.165) is 18.4 Å². The van der Waals surface area contributed by atoms with E-state index in [2.05, 4.69) is 0 Å². The molecule has 1 aromatic rings. The van der Waals surface area contributed by atoms with Crippen molar-refractivity contribution in [2.24, 2.45) is 0 Å². The summed E-state index contributed by atoms with van der Waals surface area (Å²) in [6.07, 6.45) is 0.0930. The topological polar surface area (TPSA) is 70.0 Å². The second-order valence-corrected chi connectivity index (χ2v) is 5.22. The Hall–Kier alpha value is -1.43. The fourth-order valence-corrected chi connectivity index (χ4v) is 2.00. The Balaban J connectivity index is 2.32. The van der Waals surface area contributed by atoms with E-state index < -0.39 is 18.2 Å². The van der Waals surface area contributed by atoms with Crippen molar-refractivity contribution in [2.75, 3.05) is 7.05 Å². The Labute approximate surface area is 126 Å². The summed E-state index contributed by atoms with van der Waals surface area (Å²) in [4.78, 5) is 16.8. The molecule has 0 unspecified atom stereocenters. The summed E-state index contributed by atoms with van der Waals surface area (Å²) in [6.45, 7) is 2.48. The van der Waals surface area contributed by atoms with Gasteiger partial charge in [-0.25, -0.2) is 0 Å². The number of nitrogens with zero attached hydrogens (tertiary/aromatic N) is 1. The Kier molecular flexibility index (Phi) is 7.97. The molecule has 1 aromatic carbocycles. The van der Waals surface area contributed by atoms with Gasteiger partial charge in [-0.2, -0.15) is 0 Å². The molecule has 2 atom stereocenters. The second kappa shape index (κ2) is 9.50. The molecule has 0 heterocycles. The Bertz CT molecular complexity index is 410. The number of aliphatic hydroxyl groups excluding tert-OH is 2. The van der Waals surface area contributed by atoms with Gasteiger partial charge in [-0.05, 0) is 12.0 Å². The van der Waals surface area contributed by atoms with Crippen LogP contribution in [0.4, 0.5) is 0 Å². The Morgan fingerprint density at radius 1 is 1.24 bits per heavy atom. The summed E-state index contributed by atoms with van der Waals surface area (Å²) in [7, 11) is 1.66. The van der Waals surface area contributed by atoms with Crippen LogP contribution in [0.25, 0.3) is 0 Å². The average molecular weight is 295 g/mol. The van der Waals surface area contributed by atoms with Crippen molar-refractivity contribution in [3.63, 3.8) is 0 Å². The number of hydroxylamine groups is 2. The van der Waals surface area contributed by atoms with Crippen molar-refractivity contribution in [3.8, 4) is 0 Å². The number of aliphatic hydroxyl groups is 2. The maximum atomic E-state index is 11.7. The van der Waals surface area contributed by atoms with E-state index in [1.807, 2.05) is 37.3 Å². The van der Waals surface area contributed by atoms with Crippen LogP contribution in [0, 0.1) is 0 Å². The van der Waals surface area contributed by atoms with Crippen molar-refractivity contribution in [2.45, 2.75) is 51.4 Å². The summed E-state index contributed by atoms with van der Waals surface area (Å²) < 4.78 is 0. The Morgan fingerprint density at radius 2 is 1.90 bits per heavy atom. The SMILES string of the molecule is CCCC[C@@H](O)[C@H](O)CC(=O)ON(C)Cc1ccccc1. The molecule has 5 heteroatoms. The summed E-state index contributed by atoms with van der Waals surface area (Å²) in [5.74, 6) is -0.545. The minimum absolute atomic E-state index is 0.204. The molecule has 2 N–H and O–H groups in total. The summed E-state index contributed by atoms with van der Waals surface area (Å²) in [5.41, 5.74) is 1.02. The molecule has 0 saturated carbocycles. The molecule has 0 bridgehead atoms. The molecule has 1 rings (SSSR count). The van der Waals surface area contributed by atoms with Gasteiger partial charge in [0.05, 0.1) is 25.2 Å². The van der Waals surface area contributed by atoms with E-state index in [4.69, 9.17) is 4.84 Å². The van der Waals surface area contributed by atoms with Crippen molar-refractivity contribution in [1.82, 2.24) is 5.06 Å². The lowest BCUT2D eigenvalue weighted by atomic mass is 10.1. The van der Waals surface area contributed by atoms with Crippen LogP contribution in [0.1, 0.15) is 38.2 Å². The molecule has 21 heavy (non-hydrogen) atoms. The fraction of sp³-hybridized carbons (Fsp3) is 0.562. The first-order chi connectivity index (χ1) is 10.0. The highest BCUT2D eigenvalue weighted by Crippen LogP contribution is 2.10. The van der Waals surface area contributed by atoms with Gasteiger partial charge in [-0.1, -0.05) is 50.1 Å². The van der Waals surface area contributed by atoms with Crippen LogP contribution in [0.15, 0.2) is 30.3 Å². The number of rotatable bonds is 9. The third kappa shape index (κ3) is 7.22. The van der Waals surface area contributed by atoms with E-state index >= 15 is 0 Å². The van der Waals surface area contributed by atoms with Crippen LogP contribution < -0.4 is 0 Å².